The summed E-state index contributed by atoms with van der Waals surface area (Å²) < 4.78 is 0. The minimum Gasteiger partial charge on any atom is -0.287 e. The zero-order valence-electron chi connectivity index (χ0n) is 10.8. The average molecular weight is 239 g/mol. The molecular formula is C16H17NO. The van der Waals surface area contributed by atoms with Gasteiger partial charge in [-0.05, 0) is 36.1 Å². The largest absolute Gasteiger partial charge is 0.287 e. The van der Waals surface area contributed by atoms with E-state index in [4.69, 9.17) is 0 Å². The zero-order valence-corrected chi connectivity index (χ0v) is 10.8. The quantitative estimate of drug-likeness (QED) is 0.765. The molecule has 0 N–H and O–H groups in total. The number of pyridine rings is 1. The Morgan fingerprint density at radius 2 is 1.67 bits per heavy atom. The van der Waals surface area contributed by atoms with Crippen LogP contribution in [0.2, 0.25) is 0 Å². The topological polar surface area (TPSA) is 30.0 Å². The second-order valence-electron chi connectivity index (χ2n) is 4.20. The van der Waals surface area contributed by atoms with E-state index >= 15 is 0 Å². The van der Waals surface area contributed by atoms with Crippen LogP contribution in [0.3, 0.4) is 0 Å². The van der Waals surface area contributed by atoms with Crippen LogP contribution >= 0.6 is 0 Å². The van der Waals surface area contributed by atoms with Gasteiger partial charge in [0.2, 0.25) is 5.78 Å². The molecule has 0 amide bonds. The van der Waals surface area contributed by atoms with Crippen molar-refractivity contribution in [2.75, 3.05) is 0 Å². The third-order valence-electron chi connectivity index (χ3n) is 3.12. The van der Waals surface area contributed by atoms with Crippen molar-refractivity contribution in [3.63, 3.8) is 0 Å². The predicted octanol–water partition coefficient (Wildman–Crippen LogP) is 3.44. The fourth-order valence-electron chi connectivity index (χ4n) is 2.16. The molecule has 0 radical (unpaired) electrons. The molecule has 2 nitrogen and oxygen atoms in total. The molecule has 0 aliphatic carbocycles. The van der Waals surface area contributed by atoms with Crippen LogP contribution in [0, 0.1) is 0 Å². The summed E-state index contributed by atoms with van der Waals surface area (Å²) in [5.74, 6) is 0.0323. The Labute approximate surface area is 108 Å². The van der Waals surface area contributed by atoms with Gasteiger partial charge in [-0.25, -0.2) is 0 Å². The number of ketones is 1. The summed E-state index contributed by atoms with van der Waals surface area (Å²) in [7, 11) is 0. The molecule has 2 heteroatoms. The SMILES string of the molecule is CCc1cccc(CC)c1C(=O)c1ccccn1. The smallest absolute Gasteiger partial charge is 0.211 e. The van der Waals surface area contributed by atoms with Gasteiger partial charge in [0.15, 0.2) is 0 Å². The Kier molecular flexibility index (Phi) is 3.88. The number of hydrogen-bond donors (Lipinski definition) is 0. The summed E-state index contributed by atoms with van der Waals surface area (Å²) >= 11 is 0. The van der Waals surface area contributed by atoms with Gasteiger partial charge in [0.1, 0.15) is 5.69 Å². The lowest BCUT2D eigenvalue weighted by Crippen LogP contribution is -2.10. The molecule has 0 bridgehead atoms. The highest BCUT2D eigenvalue weighted by atomic mass is 16.1. The fraction of sp³-hybridized carbons (Fsp3) is 0.250. The van der Waals surface area contributed by atoms with E-state index in [0.29, 0.717) is 5.69 Å². The zero-order chi connectivity index (χ0) is 13.0. The first-order chi connectivity index (χ1) is 8.77. The molecule has 18 heavy (non-hydrogen) atoms. The maximum Gasteiger partial charge on any atom is 0.211 e. The molecular weight excluding hydrogens is 222 g/mol. The van der Waals surface area contributed by atoms with Crippen molar-refractivity contribution < 1.29 is 4.79 Å². The lowest BCUT2D eigenvalue weighted by atomic mass is 9.93. The molecule has 0 saturated heterocycles. The van der Waals surface area contributed by atoms with Crippen molar-refractivity contribution in [3.05, 3.63) is 65.0 Å². The molecule has 1 aromatic carbocycles. The molecule has 1 aromatic heterocycles. The molecule has 0 saturated carbocycles. The lowest BCUT2D eigenvalue weighted by Gasteiger charge is -2.11. The Balaban J connectivity index is 2.53. The summed E-state index contributed by atoms with van der Waals surface area (Å²) in [6.45, 7) is 4.15. The van der Waals surface area contributed by atoms with Gasteiger partial charge in [0, 0.05) is 11.8 Å². The molecule has 0 aliphatic heterocycles. The number of aryl methyl sites for hydroxylation is 2. The molecule has 0 aliphatic rings. The van der Waals surface area contributed by atoms with Gasteiger partial charge in [-0.1, -0.05) is 38.1 Å². The Hall–Kier alpha value is -1.96. The van der Waals surface area contributed by atoms with Crippen LogP contribution < -0.4 is 0 Å². The van der Waals surface area contributed by atoms with E-state index < -0.39 is 0 Å². The van der Waals surface area contributed by atoms with Crippen molar-refractivity contribution in [2.45, 2.75) is 26.7 Å². The number of hydrogen-bond acceptors (Lipinski definition) is 2. The van der Waals surface area contributed by atoms with Crippen molar-refractivity contribution >= 4 is 5.78 Å². The number of carbonyl (C=O) groups excluding carboxylic acids is 1. The fourth-order valence-corrected chi connectivity index (χ4v) is 2.16. The van der Waals surface area contributed by atoms with Crippen LogP contribution in [-0.4, -0.2) is 10.8 Å². The Morgan fingerprint density at radius 1 is 1.00 bits per heavy atom. The highest BCUT2D eigenvalue weighted by molar-refractivity contribution is 6.09. The number of carbonyl (C=O) groups is 1. The summed E-state index contributed by atoms with van der Waals surface area (Å²) in [4.78, 5) is 16.7. The van der Waals surface area contributed by atoms with E-state index in [-0.39, 0.29) is 5.78 Å². The first-order valence-corrected chi connectivity index (χ1v) is 6.34. The van der Waals surface area contributed by atoms with Crippen LogP contribution in [0.15, 0.2) is 42.6 Å². The van der Waals surface area contributed by atoms with Gasteiger partial charge in [-0.2, -0.15) is 0 Å². The maximum atomic E-state index is 12.5. The van der Waals surface area contributed by atoms with Crippen LogP contribution in [0.4, 0.5) is 0 Å². The molecule has 0 fully saturated rings. The van der Waals surface area contributed by atoms with Crippen molar-refractivity contribution in [3.8, 4) is 0 Å². The first-order valence-electron chi connectivity index (χ1n) is 6.34. The third kappa shape index (κ3) is 2.33. The van der Waals surface area contributed by atoms with Gasteiger partial charge in [0.25, 0.3) is 0 Å². The lowest BCUT2D eigenvalue weighted by molar-refractivity contribution is 0.103. The van der Waals surface area contributed by atoms with Crippen LogP contribution in [-0.2, 0) is 12.8 Å². The molecule has 0 atom stereocenters. The summed E-state index contributed by atoms with van der Waals surface area (Å²) in [6.07, 6.45) is 3.39. The van der Waals surface area contributed by atoms with E-state index in [1.165, 1.54) is 0 Å². The van der Waals surface area contributed by atoms with Gasteiger partial charge >= 0.3 is 0 Å². The van der Waals surface area contributed by atoms with E-state index in [2.05, 4.69) is 18.8 Å². The van der Waals surface area contributed by atoms with Gasteiger partial charge < -0.3 is 0 Å². The van der Waals surface area contributed by atoms with E-state index in [0.717, 1.165) is 29.5 Å². The standard InChI is InChI=1S/C16H17NO/c1-3-12-8-7-9-13(4-2)15(12)16(18)14-10-5-6-11-17-14/h5-11H,3-4H2,1-2H3. The predicted molar refractivity (Wildman–Crippen MR) is 72.9 cm³/mol. The van der Waals surface area contributed by atoms with Gasteiger partial charge in [-0.3, -0.25) is 9.78 Å². The van der Waals surface area contributed by atoms with E-state index in [9.17, 15) is 4.79 Å². The molecule has 0 spiro atoms. The minimum atomic E-state index is 0.0323. The van der Waals surface area contributed by atoms with Gasteiger partial charge in [0.05, 0.1) is 0 Å². The number of rotatable bonds is 4. The second kappa shape index (κ2) is 5.58. The minimum absolute atomic E-state index is 0.0323. The Morgan fingerprint density at radius 3 is 2.17 bits per heavy atom. The summed E-state index contributed by atoms with van der Waals surface area (Å²) in [5, 5.41) is 0. The van der Waals surface area contributed by atoms with Crippen molar-refractivity contribution in [1.82, 2.24) is 4.98 Å². The maximum absolute atomic E-state index is 12.5. The molecule has 0 unspecified atom stereocenters. The number of nitrogens with zero attached hydrogens (tertiary/aromatic N) is 1. The highest BCUT2D eigenvalue weighted by Gasteiger charge is 2.16. The van der Waals surface area contributed by atoms with Crippen LogP contribution in [0.5, 0.6) is 0 Å². The second-order valence-corrected chi connectivity index (χ2v) is 4.20. The number of aromatic nitrogens is 1. The first kappa shape index (κ1) is 12.5. The van der Waals surface area contributed by atoms with Crippen molar-refractivity contribution in [1.29, 1.82) is 0 Å². The third-order valence-corrected chi connectivity index (χ3v) is 3.12. The summed E-state index contributed by atoms with van der Waals surface area (Å²) in [5.41, 5.74) is 3.56. The van der Waals surface area contributed by atoms with Gasteiger partial charge in [-0.15, -0.1) is 0 Å². The van der Waals surface area contributed by atoms with E-state index in [1.54, 1.807) is 12.3 Å². The Bertz CT molecular complexity index is 524. The summed E-state index contributed by atoms with van der Waals surface area (Å²) in [6, 6.07) is 11.5. The van der Waals surface area contributed by atoms with Crippen molar-refractivity contribution in [2.24, 2.45) is 0 Å². The highest BCUT2D eigenvalue weighted by Crippen LogP contribution is 2.19. The average Bonchev–Trinajstić information content (AvgIpc) is 2.46. The van der Waals surface area contributed by atoms with Crippen LogP contribution in [0.25, 0.3) is 0 Å². The molecule has 2 rings (SSSR count). The number of benzene rings is 1. The van der Waals surface area contributed by atoms with E-state index in [1.807, 2.05) is 30.3 Å². The molecule has 2 aromatic rings. The normalized spacial score (nSPS) is 10.3. The molecule has 1 heterocycles. The monoisotopic (exact) mass is 239 g/mol. The van der Waals surface area contributed by atoms with Crippen LogP contribution in [0.1, 0.15) is 41.0 Å². The molecule has 92 valence electrons.